The smallest absolute Gasteiger partial charge is 0.215 e. The zero-order valence-corrected chi connectivity index (χ0v) is 17.8. The SMILES string of the molecule is CCN(CC)Cc1nc(Sc2nnnn2C(C)C)c2c(C)c(C)sc2n1. The Morgan fingerprint density at radius 2 is 1.88 bits per heavy atom. The Hall–Kier alpha value is -1.58. The van der Waals surface area contributed by atoms with Gasteiger partial charge in [-0.3, -0.25) is 4.90 Å². The fourth-order valence-electron chi connectivity index (χ4n) is 2.71. The lowest BCUT2D eigenvalue weighted by molar-refractivity contribution is 0.288. The highest BCUT2D eigenvalue weighted by molar-refractivity contribution is 7.99. The molecule has 9 heteroatoms. The lowest BCUT2D eigenvalue weighted by atomic mass is 10.2. The molecule has 0 aromatic carbocycles. The largest absolute Gasteiger partial charge is 0.296 e. The van der Waals surface area contributed by atoms with Crippen LogP contribution in [0.3, 0.4) is 0 Å². The quantitative estimate of drug-likeness (QED) is 0.566. The van der Waals surface area contributed by atoms with Gasteiger partial charge >= 0.3 is 0 Å². The van der Waals surface area contributed by atoms with Gasteiger partial charge in [-0.25, -0.2) is 14.6 Å². The molecule has 3 heterocycles. The lowest BCUT2D eigenvalue weighted by Gasteiger charge is -2.17. The summed E-state index contributed by atoms with van der Waals surface area (Å²) < 4.78 is 1.83. The van der Waals surface area contributed by atoms with Crippen LogP contribution in [0.4, 0.5) is 0 Å². The molecule has 0 saturated heterocycles. The van der Waals surface area contributed by atoms with Crippen molar-refractivity contribution in [3.05, 3.63) is 16.3 Å². The van der Waals surface area contributed by atoms with E-state index in [1.54, 1.807) is 11.3 Å². The maximum absolute atomic E-state index is 4.89. The van der Waals surface area contributed by atoms with Crippen molar-refractivity contribution in [2.24, 2.45) is 0 Å². The monoisotopic (exact) mass is 391 g/mol. The van der Waals surface area contributed by atoms with Crippen molar-refractivity contribution in [1.29, 1.82) is 0 Å². The first-order chi connectivity index (χ1) is 12.4. The van der Waals surface area contributed by atoms with E-state index >= 15 is 0 Å². The fourth-order valence-corrected chi connectivity index (χ4v) is 4.92. The minimum atomic E-state index is 0.199. The lowest BCUT2D eigenvalue weighted by Crippen LogP contribution is -2.23. The highest BCUT2D eigenvalue weighted by atomic mass is 32.2. The highest BCUT2D eigenvalue weighted by Gasteiger charge is 2.19. The van der Waals surface area contributed by atoms with E-state index in [0.717, 1.165) is 45.9 Å². The summed E-state index contributed by atoms with van der Waals surface area (Å²) in [5.41, 5.74) is 1.24. The Kier molecular flexibility index (Phi) is 5.89. The van der Waals surface area contributed by atoms with Crippen LogP contribution < -0.4 is 0 Å². The van der Waals surface area contributed by atoms with Gasteiger partial charge in [0.25, 0.3) is 0 Å². The maximum Gasteiger partial charge on any atom is 0.215 e. The van der Waals surface area contributed by atoms with Gasteiger partial charge in [0.2, 0.25) is 5.16 Å². The minimum absolute atomic E-state index is 0.199. The van der Waals surface area contributed by atoms with Crippen molar-refractivity contribution in [3.8, 4) is 0 Å². The molecule has 3 aromatic heterocycles. The Morgan fingerprint density at radius 1 is 1.15 bits per heavy atom. The average molecular weight is 392 g/mol. The molecule has 0 spiro atoms. The summed E-state index contributed by atoms with van der Waals surface area (Å²) in [5.74, 6) is 0.855. The average Bonchev–Trinajstić information content (AvgIpc) is 3.17. The number of hydrogen-bond donors (Lipinski definition) is 0. The van der Waals surface area contributed by atoms with Crippen LogP contribution in [0.15, 0.2) is 10.2 Å². The Bertz CT molecular complexity index is 896. The molecular formula is C17H25N7S2. The number of nitrogens with zero attached hydrogens (tertiary/aromatic N) is 7. The van der Waals surface area contributed by atoms with E-state index in [2.05, 4.69) is 62.0 Å². The third kappa shape index (κ3) is 3.74. The molecule has 0 aliphatic carbocycles. The van der Waals surface area contributed by atoms with E-state index in [0.29, 0.717) is 0 Å². The second kappa shape index (κ2) is 7.98. The van der Waals surface area contributed by atoms with Gasteiger partial charge in [0.1, 0.15) is 15.7 Å². The maximum atomic E-state index is 4.89. The number of aryl methyl sites for hydroxylation is 2. The van der Waals surface area contributed by atoms with Gasteiger partial charge in [-0.1, -0.05) is 13.8 Å². The van der Waals surface area contributed by atoms with Crippen LogP contribution in [0.2, 0.25) is 0 Å². The van der Waals surface area contributed by atoms with Crippen LogP contribution in [-0.4, -0.2) is 48.2 Å². The fraction of sp³-hybridized carbons (Fsp3) is 0.588. The molecule has 0 radical (unpaired) electrons. The van der Waals surface area contributed by atoms with Crippen LogP contribution >= 0.6 is 23.1 Å². The van der Waals surface area contributed by atoms with E-state index in [1.807, 2.05) is 4.68 Å². The second-order valence-corrected chi connectivity index (χ2v) is 8.63. The minimum Gasteiger partial charge on any atom is -0.296 e. The van der Waals surface area contributed by atoms with Gasteiger partial charge in [0.05, 0.1) is 12.6 Å². The van der Waals surface area contributed by atoms with Crippen molar-refractivity contribution in [1.82, 2.24) is 35.1 Å². The number of tetrazole rings is 1. The normalized spacial score (nSPS) is 12.0. The molecule has 0 aliphatic heterocycles. The molecule has 0 amide bonds. The molecule has 0 saturated carbocycles. The summed E-state index contributed by atoms with van der Waals surface area (Å²) in [7, 11) is 0. The number of fused-ring (bicyclic) bond motifs is 1. The Balaban J connectivity index is 2.07. The number of hydrogen-bond acceptors (Lipinski definition) is 8. The highest BCUT2D eigenvalue weighted by Crippen LogP contribution is 2.37. The van der Waals surface area contributed by atoms with E-state index in [9.17, 15) is 0 Å². The van der Waals surface area contributed by atoms with Crippen molar-refractivity contribution < 1.29 is 0 Å². The molecule has 3 aromatic rings. The van der Waals surface area contributed by atoms with E-state index in [-0.39, 0.29) is 6.04 Å². The molecule has 140 valence electrons. The molecule has 0 N–H and O–H groups in total. The molecule has 0 fully saturated rings. The van der Waals surface area contributed by atoms with E-state index in [1.165, 1.54) is 22.2 Å². The van der Waals surface area contributed by atoms with Gasteiger partial charge in [0.15, 0.2) is 0 Å². The zero-order chi connectivity index (χ0) is 18.8. The van der Waals surface area contributed by atoms with Crippen LogP contribution in [-0.2, 0) is 6.54 Å². The number of aromatic nitrogens is 6. The third-order valence-electron chi connectivity index (χ3n) is 4.44. The first-order valence-electron chi connectivity index (χ1n) is 8.89. The molecule has 0 aliphatic rings. The first kappa shape index (κ1) is 19.2. The van der Waals surface area contributed by atoms with Gasteiger partial charge in [-0.15, -0.1) is 16.4 Å². The summed E-state index contributed by atoms with van der Waals surface area (Å²) in [4.78, 5) is 14.4. The van der Waals surface area contributed by atoms with Crippen LogP contribution in [0.25, 0.3) is 10.2 Å². The molecular weight excluding hydrogens is 366 g/mol. The molecule has 0 unspecified atom stereocenters. The van der Waals surface area contributed by atoms with Crippen molar-refractivity contribution in [2.75, 3.05) is 13.1 Å². The van der Waals surface area contributed by atoms with Gasteiger partial charge in [-0.05, 0) is 68.5 Å². The molecule has 0 bridgehead atoms. The molecule has 3 rings (SSSR count). The summed E-state index contributed by atoms with van der Waals surface area (Å²) in [6.07, 6.45) is 0. The predicted molar refractivity (Wildman–Crippen MR) is 106 cm³/mol. The molecule has 7 nitrogen and oxygen atoms in total. The van der Waals surface area contributed by atoms with Crippen molar-refractivity contribution in [2.45, 2.75) is 64.3 Å². The third-order valence-corrected chi connectivity index (χ3v) is 6.48. The second-order valence-electron chi connectivity index (χ2n) is 6.47. The van der Waals surface area contributed by atoms with Crippen LogP contribution in [0.5, 0.6) is 0 Å². The number of rotatable bonds is 7. The molecule has 26 heavy (non-hydrogen) atoms. The number of thiophene rings is 1. The Morgan fingerprint density at radius 3 is 2.54 bits per heavy atom. The summed E-state index contributed by atoms with van der Waals surface area (Å²) in [6.45, 7) is 15.4. The van der Waals surface area contributed by atoms with Gasteiger partial charge < -0.3 is 0 Å². The van der Waals surface area contributed by atoms with Crippen molar-refractivity contribution in [3.63, 3.8) is 0 Å². The van der Waals surface area contributed by atoms with Gasteiger partial charge in [0, 0.05) is 10.3 Å². The van der Waals surface area contributed by atoms with E-state index in [4.69, 9.17) is 9.97 Å². The topological polar surface area (TPSA) is 72.6 Å². The zero-order valence-electron chi connectivity index (χ0n) is 16.1. The van der Waals surface area contributed by atoms with Crippen molar-refractivity contribution >= 4 is 33.3 Å². The summed E-state index contributed by atoms with van der Waals surface area (Å²) in [6, 6.07) is 0.199. The summed E-state index contributed by atoms with van der Waals surface area (Å²) in [5, 5.41) is 15.0. The first-order valence-corrected chi connectivity index (χ1v) is 10.5. The standard InChI is InChI=1S/C17H25N7S2/c1-7-23(8-2)9-13-18-15-14(11(5)12(6)25-15)16(19-13)26-17-20-21-22-24(17)10(3)4/h10H,7-9H2,1-6H3. The van der Waals surface area contributed by atoms with Crippen LogP contribution in [0.1, 0.15) is 50.0 Å². The Labute approximate surface area is 162 Å². The van der Waals surface area contributed by atoms with Crippen LogP contribution in [0, 0.1) is 13.8 Å². The predicted octanol–water partition coefficient (Wildman–Crippen LogP) is 3.87. The molecule has 0 atom stereocenters. The van der Waals surface area contributed by atoms with Gasteiger partial charge in [-0.2, -0.15) is 0 Å². The van der Waals surface area contributed by atoms with E-state index < -0.39 is 0 Å². The summed E-state index contributed by atoms with van der Waals surface area (Å²) >= 11 is 3.26.